The summed E-state index contributed by atoms with van der Waals surface area (Å²) in [7, 11) is 0. The lowest BCUT2D eigenvalue weighted by molar-refractivity contribution is -0.191. The maximum Gasteiger partial charge on any atom is 0.324 e. The summed E-state index contributed by atoms with van der Waals surface area (Å²) in [5, 5.41) is 0. The molecule has 0 unspecified atom stereocenters. The Morgan fingerprint density at radius 3 is 2.36 bits per heavy atom. The summed E-state index contributed by atoms with van der Waals surface area (Å²) in [6.45, 7) is 3.50. The molecule has 5 nitrogen and oxygen atoms in total. The molecule has 80 valence electrons. The van der Waals surface area contributed by atoms with Crippen LogP contribution < -0.4 is 5.73 Å². The number of rotatable bonds is 4. The maximum atomic E-state index is 11.6. The van der Waals surface area contributed by atoms with Gasteiger partial charge in [-0.1, -0.05) is 0 Å². The third kappa shape index (κ3) is 1.78. The Morgan fingerprint density at radius 2 is 2.07 bits per heavy atom. The van der Waals surface area contributed by atoms with Gasteiger partial charge in [0.25, 0.3) is 0 Å². The monoisotopic (exact) mass is 201 g/mol. The van der Waals surface area contributed by atoms with Crippen LogP contribution in [0, 0.1) is 5.41 Å². The number of carbonyl (C=O) groups is 2. The first-order valence-electron chi connectivity index (χ1n) is 4.55. The molecule has 0 aromatic carbocycles. The van der Waals surface area contributed by atoms with E-state index in [0.29, 0.717) is 0 Å². The molecule has 1 rings (SSSR count). The second kappa shape index (κ2) is 4.06. The van der Waals surface area contributed by atoms with Gasteiger partial charge < -0.3 is 15.2 Å². The Labute approximate surface area is 82.5 Å². The fourth-order valence-corrected chi connectivity index (χ4v) is 1.22. The van der Waals surface area contributed by atoms with Gasteiger partial charge in [0, 0.05) is 0 Å². The lowest BCUT2D eigenvalue weighted by Gasteiger charge is -2.37. The number of hydrogen-bond donors (Lipinski definition) is 1. The molecule has 2 N–H and O–H groups in total. The zero-order valence-electron chi connectivity index (χ0n) is 8.41. The molecular weight excluding hydrogens is 186 g/mol. The van der Waals surface area contributed by atoms with E-state index in [1.54, 1.807) is 13.8 Å². The third-order valence-corrected chi connectivity index (χ3v) is 2.15. The standard InChI is InChI=1S/C9H15NO4/c1-6(2)14-8(12)9(4-13-5-9)7(11)3-10/h6H,3-5,10H2,1-2H3. The van der Waals surface area contributed by atoms with E-state index < -0.39 is 11.4 Å². The number of hydrogen-bond acceptors (Lipinski definition) is 5. The van der Waals surface area contributed by atoms with Crippen molar-refractivity contribution in [3.8, 4) is 0 Å². The van der Waals surface area contributed by atoms with Gasteiger partial charge >= 0.3 is 5.97 Å². The van der Waals surface area contributed by atoms with Crippen LogP contribution in [0.25, 0.3) is 0 Å². The first-order chi connectivity index (χ1) is 6.53. The summed E-state index contributed by atoms with van der Waals surface area (Å²) < 4.78 is 9.87. The molecule has 0 radical (unpaired) electrons. The Bertz CT molecular complexity index is 245. The van der Waals surface area contributed by atoms with Gasteiger partial charge in [0.1, 0.15) is 0 Å². The van der Waals surface area contributed by atoms with Gasteiger partial charge in [0.2, 0.25) is 0 Å². The molecule has 0 spiro atoms. The van der Waals surface area contributed by atoms with Crippen molar-refractivity contribution < 1.29 is 19.1 Å². The minimum atomic E-state index is -1.13. The van der Waals surface area contributed by atoms with E-state index in [2.05, 4.69) is 0 Å². The van der Waals surface area contributed by atoms with Gasteiger partial charge in [-0.3, -0.25) is 9.59 Å². The highest BCUT2D eigenvalue weighted by Gasteiger charge is 2.53. The summed E-state index contributed by atoms with van der Waals surface area (Å²) in [5.41, 5.74) is 4.10. The van der Waals surface area contributed by atoms with Gasteiger partial charge in [-0.15, -0.1) is 0 Å². The number of nitrogens with two attached hydrogens (primary N) is 1. The minimum Gasteiger partial charge on any atom is -0.462 e. The first-order valence-corrected chi connectivity index (χ1v) is 4.55. The predicted molar refractivity (Wildman–Crippen MR) is 48.5 cm³/mol. The Hall–Kier alpha value is -0.940. The molecule has 1 fully saturated rings. The van der Waals surface area contributed by atoms with Crippen molar-refractivity contribution in [3.05, 3.63) is 0 Å². The zero-order valence-corrected chi connectivity index (χ0v) is 8.41. The molecule has 0 aromatic heterocycles. The third-order valence-electron chi connectivity index (χ3n) is 2.15. The fraction of sp³-hybridized carbons (Fsp3) is 0.778. The fourth-order valence-electron chi connectivity index (χ4n) is 1.22. The number of carbonyl (C=O) groups excluding carboxylic acids is 2. The smallest absolute Gasteiger partial charge is 0.324 e. The van der Waals surface area contributed by atoms with Crippen LogP contribution >= 0.6 is 0 Å². The van der Waals surface area contributed by atoms with Crippen LogP contribution in [0.4, 0.5) is 0 Å². The number of Topliss-reactive ketones (excluding diaryl/α,β-unsaturated/α-hetero) is 1. The molecule has 0 aromatic rings. The van der Waals surface area contributed by atoms with Crippen molar-refractivity contribution in [2.75, 3.05) is 19.8 Å². The highest BCUT2D eigenvalue weighted by molar-refractivity contribution is 6.05. The van der Waals surface area contributed by atoms with Crippen LogP contribution in [0.3, 0.4) is 0 Å². The van der Waals surface area contributed by atoms with E-state index in [4.69, 9.17) is 15.2 Å². The largest absolute Gasteiger partial charge is 0.462 e. The second-order valence-corrected chi connectivity index (χ2v) is 3.66. The van der Waals surface area contributed by atoms with Crippen LogP contribution in [-0.2, 0) is 19.1 Å². The van der Waals surface area contributed by atoms with Crippen LogP contribution in [0.15, 0.2) is 0 Å². The Kier molecular flexibility index (Phi) is 3.23. The van der Waals surface area contributed by atoms with Crippen LogP contribution in [0.5, 0.6) is 0 Å². The molecule has 0 atom stereocenters. The maximum absolute atomic E-state index is 11.6. The second-order valence-electron chi connectivity index (χ2n) is 3.66. The van der Waals surface area contributed by atoms with Crippen LogP contribution in [-0.4, -0.2) is 37.6 Å². The Morgan fingerprint density at radius 1 is 1.50 bits per heavy atom. The predicted octanol–water partition coefficient (Wildman–Crippen LogP) is -0.518. The molecule has 1 aliphatic heterocycles. The minimum absolute atomic E-state index is 0.0919. The van der Waals surface area contributed by atoms with Gasteiger partial charge in [-0.2, -0.15) is 0 Å². The normalized spacial score (nSPS) is 18.9. The van der Waals surface area contributed by atoms with Crippen molar-refractivity contribution in [3.63, 3.8) is 0 Å². The lowest BCUT2D eigenvalue weighted by Crippen LogP contribution is -2.57. The lowest BCUT2D eigenvalue weighted by atomic mass is 9.81. The molecule has 14 heavy (non-hydrogen) atoms. The van der Waals surface area contributed by atoms with E-state index in [9.17, 15) is 9.59 Å². The van der Waals surface area contributed by atoms with E-state index in [1.807, 2.05) is 0 Å². The summed E-state index contributed by atoms with van der Waals surface area (Å²) in [6.07, 6.45) is -0.231. The van der Waals surface area contributed by atoms with Crippen molar-refractivity contribution in [1.29, 1.82) is 0 Å². The average Bonchev–Trinajstić information content (AvgIpc) is 2.00. The molecular formula is C9H15NO4. The molecule has 1 saturated heterocycles. The highest BCUT2D eigenvalue weighted by Crippen LogP contribution is 2.30. The summed E-state index contributed by atoms with van der Waals surface area (Å²) in [6, 6.07) is 0. The van der Waals surface area contributed by atoms with Gasteiger partial charge in [0.15, 0.2) is 11.2 Å². The molecule has 0 bridgehead atoms. The SMILES string of the molecule is CC(C)OC(=O)C1(C(=O)CN)COC1. The Balaban J connectivity index is 2.70. The van der Waals surface area contributed by atoms with Crippen LogP contribution in [0.2, 0.25) is 0 Å². The first kappa shape index (κ1) is 11.1. The van der Waals surface area contributed by atoms with Crippen molar-refractivity contribution in [2.24, 2.45) is 11.1 Å². The average molecular weight is 201 g/mol. The van der Waals surface area contributed by atoms with Crippen molar-refractivity contribution in [2.45, 2.75) is 20.0 Å². The van der Waals surface area contributed by atoms with Crippen LogP contribution in [0.1, 0.15) is 13.8 Å². The molecule has 0 aliphatic carbocycles. The van der Waals surface area contributed by atoms with Gasteiger partial charge in [0.05, 0.1) is 25.9 Å². The van der Waals surface area contributed by atoms with E-state index in [-0.39, 0.29) is 31.6 Å². The summed E-state index contributed by atoms with van der Waals surface area (Å²) in [5.74, 6) is -0.830. The number of ether oxygens (including phenoxy) is 2. The van der Waals surface area contributed by atoms with E-state index in [0.717, 1.165) is 0 Å². The summed E-state index contributed by atoms with van der Waals surface area (Å²) in [4.78, 5) is 23.0. The van der Waals surface area contributed by atoms with Gasteiger partial charge in [-0.05, 0) is 13.8 Å². The molecule has 5 heteroatoms. The number of esters is 1. The van der Waals surface area contributed by atoms with Gasteiger partial charge in [-0.25, -0.2) is 0 Å². The molecule has 0 amide bonds. The van der Waals surface area contributed by atoms with Crippen molar-refractivity contribution in [1.82, 2.24) is 0 Å². The topological polar surface area (TPSA) is 78.6 Å². The van der Waals surface area contributed by atoms with Crippen molar-refractivity contribution >= 4 is 11.8 Å². The van der Waals surface area contributed by atoms with E-state index >= 15 is 0 Å². The van der Waals surface area contributed by atoms with E-state index in [1.165, 1.54) is 0 Å². The quantitative estimate of drug-likeness (QED) is 0.489. The molecule has 1 heterocycles. The molecule has 1 aliphatic rings. The zero-order chi connectivity index (χ0) is 10.8. The molecule has 0 saturated carbocycles. The number of ketones is 1. The summed E-state index contributed by atoms with van der Waals surface area (Å²) >= 11 is 0. The highest BCUT2D eigenvalue weighted by atomic mass is 16.6.